The van der Waals surface area contributed by atoms with E-state index in [0.717, 1.165) is 18.4 Å². The number of ether oxygens (including phenoxy) is 2. The van der Waals surface area contributed by atoms with Gasteiger partial charge in [-0.1, -0.05) is 0 Å². The number of nitrogens with one attached hydrogen (secondary N) is 1. The molecule has 1 amide bonds. The lowest BCUT2D eigenvalue weighted by Crippen LogP contribution is -2.18. The number of amides is 1. The summed E-state index contributed by atoms with van der Waals surface area (Å²) in [5.74, 6) is 1.55. The van der Waals surface area contributed by atoms with Gasteiger partial charge in [0.25, 0.3) is 0 Å². The summed E-state index contributed by atoms with van der Waals surface area (Å²) < 4.78 is 11.3. The minimum absolute atomic E-state index is 0.00366. The zero-order chi connectivity index (χ0) is 15.2. The second-order valence-electron chi connectivity index (χ2n) is 5.31. The maximum absolute atomic E-state index is 11.5. The van der Waals surface area contributed by atoms with Crippen molar-refractivity contribution in [1.29, 1.82) is 0 Å². The summed E-state index contributed by atoms with van der Waals surface area (Å²) >= 11 is 0. The first-order valence-corrected chi connectivity index (χ1v) is 7.36. The van der Waals surface area contributed by atoms with E-state index < -0.39 is 0 Å². The lowest BCUT2D eigenvalue weighted by molar-refractivity contribution is -0.122. The molecule has 5 nitrogen and oxygen atoms in total. The van der Waals surface area contributed by atoms with Crippen LogP contribution in [0.2, 0.25) is 0 Å². The number of carbonyl (C=O) groups is 1. The zero-order valence-corrected chi connectivity index (χ0v) is 12.8. The molecule has 0 bridgehead atoms. The van der Waals surface area contributed by atoms with E-state index in [0.29, 0.717) is 18.1 Å². The fraction of sp³-hybridized carbons (Fsp3) is 0.500. The highest BCUT2D eigenvalue weighted by molar-refractivity contribution is 5.84. The smallest absolute Gasteiger partial charge is 0.243 e. The highest BCUT2D eigenvalue weighted by Crippen LogP contribution is 2.29. The normalized spacial score (nSPS) is 14.5. The Bertz CT molecular complexity index is 522. The molecule has 0 atom stereocenters. The lowest BCUT2D eigenvalue weighted by atomic mass is 10.2. The Morgan fingerprint density at radius 1 is 1.43 bits per heavy atom. The number of rotatable bonds is 7. The van der Waals surface area contributed by atoms with E-state index in [4.69, 9.17) is 9.47 Å². The van der Waals surface area contributed by atoms with E-state index in [2.05, 4.69) is 10.5 Å². The van der Waals surface area contributed by atoms with E-state index in [9.17, 15) is 4.79 Å². The van der Waals surface area contributed by atoms with Gasteiger partial charge in [-0.15, -0.1) is 0 Å². The van der Waals surface area contributed by atoms with Crippen molar-refractivity contribution in [2.24, 2.45) is 11.0 Å². The number of carbonyl (C=O) groups excluding carboxylic acids is 1. The molecule has 0 saturated heterocycles. The van der Waals surface area contributed by atoms with Crippen LogP contribution >= 0.6 is 0 Å². The van der Waals surface area contributed by atoms with Crippen LogP contribution in [0.5, 0.6) is 11.5 Å². The maximum atomic E-state index is 11.5. The van der Waals surface area contributed by atoms with Gasteiger partial charge in [-0.05, 0) is 57.4 Å². The molecule has 5 heteroatoms. The molecule has 1 fully saturated rings. The first-order valence-electron chi connectivity index (χ1n) is 7.36. The SMILES string of the molecule is CCOc1cc(/C=N\NC(=O)C2CC2)ccc1OC(C)C. The first-order chi connectivity index (χ1) is 10.1. The molecule has 0 unspecified atom stereocenters. The van der Waals surface area contributed by atoms with Crippen LogP contribution in [0.4, 0.5) is 0 Å². The molecule has 0 spiro atoms. The molecule has 0 heterocycles. The van der Waals surface area contributed by atoms with E-state index in [1.165, 1.54) is 0 Å². The monoisotopic (exact) mass is 290 g/mol. The molecule has 21 heavy (non-hydrogen) atoms. The molecular weight excluding hydrogens is 268 g/mol. The van der Waals surface area contributed by atoms with E-state index in [1.807, 2.05) is 39.0 Å². The topological polar surface area (TPSA) is 59.9 Å². The van der Waals surface area contributed by atoms with Gasteiger partial charge in [0.1, 0.15) is 0 Å². The van der Waals surface area contributed by atoms with Gasteiger partial charge in [-0.2, -0.15) is 5.10 Å². The second kappa shape index (κ2) is 7.11. The van der Waals surface area contributed by atoms with Gasteiger partial charge in [0.05, 0.1) is 18.9 Å². The van der Waals surface area contributed by atoms with Crippen molar-refractivity contribution < 1.29 is 14.3 Å². The molecule has 0 aliphatic heterocycles. The van der Waals surface area contributed by atoms with Crippen LogP contribution in [-0.2, 0) is 4.79 Å². The summed E-state index contributed by atoms with van der Waals surface area (Å²) in [5, 5.41) is 3.97. The van der Waals surface area contributed by atoms with Crippen LogP contribution in [0.3, 0.4) is 0 Å². The number of hydrazone groups is 1. The van der Waals surface area contributed by atoms with Crippen molar-refractivity contribution in [2.45, 2.75) is 39.7 Å². The predicted molar refractivity (Wildman–Crippen MR) is 81.8 cm³/mol. The summed E-state index contributed by atoms with van der Waals surface area (Å²) in [6.07, 6.45) is 3.64. The average molecular weight is 290 g/mol. The standard InChI is InChI=1S/C16H22N2O3/c1-4-20-15-9-12(5-8-14(15)21-11(2)3)10-17-18-16(19)13-6-7-13/h5,8-11,13H,4,6-7H2,1-3H3,(H,18,19)/b17-10-. The number of nitrogens with zero attached hydrogens (tertiary/aromatic N) is 1. The second-order valence-corrected chi connectivity index (χ2v) is 5.31. The van der Waals surface area contributed by atoms with Crippen LogP contribution in [0, 0.1) is 5.92 Å². The van der Waals surface area contributed by atoms with Crippen molar-refractivity contribution in [3.05, 3.63) is 23.8 Å². The number of hydrogen-bond donors (Lipinski definition) is 1. The van der Waals surface area contributed by atoms with Crippen molar-refractivity contribution >= 4 is 12.1 Å². The Morgan fingerprint density at radius 2 is 2.19 bits per heavy atom. The van der Waals surface area contributed by atoms with Crippen molar-refractivity contribution in [3.8, 4) is 11.5 Å². The van der Waals surface area contributed by atoms with Crippen LogP contribution in [0.1, 0.15) is 39.2 Å². The van der Waals surface area contributed by atoms with E-state index >= 15 is 0 Å². The fourth-order valence-electron chi connectivity index (χ4n) is 1.83. The molecule has 1 aliphatic rings. The molecule has 1 N–H and O–H groups in total. The van der Waals surface area contributed by atoms with Gasteiger partial charge in [0.15, 0.2) is 11.5 Å². The van der Waals surface area contributed by atoms with Crippen LogP contribution in [0.25, 0.3) is 0 Å². The Kier molecular flexibility index (Phi) is 5.20. The molecule has 1 aromatic carbocycles. The van der Waals surface area contributed by atoms with Crippen LogP contribution < -0.4 is 14.9 Å². The summed E-state index contributed by atoms with van der Waals surface area (Å²) in [5.41, 5.74) is 3.40. The lowest BCUT2D eigenvalue weighted by Gasteiger charge is -2.14. The van der Waals surface area contributed by atoms with Gasteiger partial charge in [-0.25, -0.2) is 5.43 Å². The Hall–Kier alpha value is -2.04. The van der Waals surface area contributed by atoms with Crippen molar-refractivity contribution in [3.63, 3.8) is 0 Å². The molecule has 2 rings (SSSR count). The molecule has 1 aromatic rings. The minimum Gasteiger partial charge on any atom is -0.490 e. The quantitative estimate of drug-likeness (QED) is 0.620. The van der Waals surface area contributed by atoms with Crippen molar-refractivity contribution in [2.75, 3.05) is 6.61 Å². The summed E-state index contributed by atoms with van der Waals surface area (Å²) in [6.45, 7) is 6.43. The molecule has 114 valence electrons. The number of hydrogen-bond acceptors (Lipinski definition) is 4. The summed E-state index contributed by atoms with van der Waals surface area (Å²) in [6, 6.07) is 5.59. The van der Waals surface area contributed by atoms with Gasteiger partial charge in [-0.3, -0.25) is 4.79 Å². The third-order valence-corrected chi connectivity index (χ3v) is 2.97. The summed E-state index contributed by atoms with van der Waals surface area (Å²) in [4.78, 5) is 11.5. The predicted octanol–water partition coefficient (Wildman–Crippen LogP) is 2.73. The van der Waals surface area contributed by atoms with Gasteiger partial charge >= 0.3 is 0 Å². The van der Waals surface area contributed by atoms with E-state index in [-0.39, 0.29) is 17.9 Å². The third-order valence-electron chi connectivity index (χ3n) is 2.97. The highest BCUT2D eigenvalue weighted by Gasteiger charge is 2.29. The Labute approximate surface area is 125 Å². The van der Waals surface area contributed by atoms with Gasteiger partial charge in [0, 0.05) is 5.92 Å². The third kappa shape index (κ3) is 4.77. The van der Waals surface area contributed by atoms with E-state index in [1.54, 1.807) is 6.21 Å². The van der Waals surface area contributed by atoms with Crippen LogP contribution in [-0.4, -0.2) is 24.8 Å². The highest BCUT2D eigenvalue weighted by atomic mass is 16.5. The molecule has 1 aliphatic carbocycles. The molecular formula is C16H22N2O3. The Morgan fingerprint density at radius 3 is 2.81 bits per heavy atom. The zero-order valence-electron chi connectivity index (χ0n) is 12.8. The minimum atomic E-state index is -0.00366. The van der Waals surface area contributed by atoms with Gasteiger partial charge in [0.2, 0.25) is 5.91 Å². The van der Waals surface area contributed by atoms with Crippen molar-refractivity contribution in [1.82, 2.24) is 5.43 Å². The van der Waals surface area contributed by atoms with Crippen LogP contribution in [0.15, 0.2) is 23.3 Å². The fourth-order valence-corrected chi connectivity index (χ4v) is 1.83. The Balaban J connectivity index is 2.03. The average Bonchev–Trinajstić information content (AvgIpc) is 3.25. The molecule has 0 aromatic heterocycles. The molecule has 1 saturated carbocycles. The largest absolute Gasteiger partial charge is 0.490 e. The molecule has 0 radical (unpaired) electrons. The van der Waals surface area contributed by atoms with Gasteiger partial charge < -0.3 is 9.47 Å². The maximum Gasteiger partial charge on any atom is 0.243 e. The number of benzene rings is 1. The summed E-state index contributed by atoms with van der Waals surface area (Å²) in [7, 11) is 0. The first kappa shape index (κ1) is 15.4.